The number of carbonyl (C=O) groups excluding carboxylic acids is 2. The van der Waals surface area contributed by atoms with Crippen molar-refractivity contribution < 1.29 is 19.8 Å². The molecule has 5 aromatic rings. The summed E-state index contributed by atoms with van der Waals surface area (Å²) in [6.07, 6.45) is 2.14. The molecule has 0 radical (unpaired) electrons. The minimum Gasteiger partial charge on any atom is -0.506 e. The molecule has 2 aliphatic carbocycles. The summed E-state index contributed by atoms with van der Waals surface area (Å²) in [6, 6.07) is 17.4. The van der Waals surface area contributed by atoms with Crippen molar-refractivity contribution in [3.63, 3.8) is 0 Å². The second kappa shape index (κ2) is 7.93. The van der Waals surface area contributed by atoms with E-state index in [2.05, 4.69) is 29.9 Å². The molecule has 0 saturated carbocycles. The van der Waals surface area contributed by atoms with Crippen molar-refractivity contribution in [3.8, 4) is 0 Å². The number of hydrogen-bond donors (Lipinski definition) is 4. The molecule has 0 spiro atoms. The average Bonchev–Trinajstić information content (AvgIpc) is 3.42. The van der Waals surface area contributed by atoms with Gasteiger partial charge in [0.2, 0.25) is 11.6 Å². The van der Waals surface area contributed by atoms with E-state index in [1.807, 2.05) is 48.5 Å². The highest BCUT2D eigenvalue weighted by Crippen LogP contribution is 2.26. The van der Waals surface area contributed by atoms with Crippen LogP contribution >= 0.6 is 0 Å². The Kier molecular flexibility index (Phi) is 4.52. The van der Waals surface area contributed by atoms with Gasteiger partial charge in [-0.3, -0.25) is 9.59 Å². The zero-order valence-corrected chi connectivity index (χ0v) is 19.4. The van der Waals surface area contributed by atoms with Gasteiger partial charge in [-0.25, -0.2) is 19.9 Å². The van der Waals surface area contributed by atoms with Gasteiger partial charge in [-0.2, -0.15) is 0 Å². The zero-order valence-electron chi connectivity index (χ0n) is 19.4. The highest BCUT2D eigenvalue weighted by atomic mass is 16.3. The predicted molar refractivity (Wildman–Crippen MR) is 141 cm³/mol. The van der Waals surface area contributed by atoms with Crippen molar-refractivity contribution in [1.82, 2.24) is 29.9 Å². The van der Waals surface area contributed by atoms with Crippen LogP contribution in [0.2, 0.25) is 0 Å². The Balaban J connectivity index is 1.71. The fourth-order valence-corrected chi connectivity index (χ4v) is 4.57. The number of carbonyl (C=O) groups is 2. The molecule has 3 aromatic heterocycles. The third kappa shape index (κ3) is 3.35. The number of hydrogen-bond acceptors (Lipinski definition) is 8. The third-order valence-corrected chi connectivity index (χ3v) is 6.39. The van der Waals surface area contributed by atoms with E-state index in [1.165, 1.54) is 12.1 Å². The maximum Gasteiger partial charge on any atom is 0.208 e. The van der Waals surface area contributed by atoms with Crippen molar-refractivity contribution in [2.45, 2.75) is 0 Å². The molecule has 0 fully saturated rings. The average molecular weight is 500 g/mol. The van der Waals surface area contributed by atoms with Gasteiger partial charge >= 0.3 is 0 Å². The number of benzene rings is 2. The minimum absolute atomic E-state index is 0.0637. The van der Waals surface area contributed by atoms with E-state index in [-0.39, 0.29) is 34.3 Å². The Morgan fingerprint density at radius 2 is 0.816 bits per heavy atom. The maximum absolute atomic E-state index is 12.8. The van der Waals surface area contributed by atoms with Gasteiger partial charge < -0.3 is 20.2 Å². The molecule has 0 amide bonds. The number of nitrogens with zero attached hydrogens (tertiary/aromatic N) is 4. The van der Waals surface area contributed by atoms with Crippen molar-refractivity contribution in [3.05, 3.63) is 95.6 Å². The van der Waals surface area contributed by atoms with Crippen LogP contribution < -0.4 is 0 Å². The molecule has 2 aromatic carbocycles. The van der Waals surface area contributed by atoms with Gasteiger partial charge in [0, 0.05) is 33.7 Å². The monoisotopic (exact) mass is 500 g/mol. The van der Waals surface area contributed by atoms with Crippen LogP contribution in [0.15, 0.2) is 72.8 Å². The lowest BCUT2D eigenvalue weighted by molar-refractivity contribution is 0.103. The number of aromatic amines is 2. The normalized spacial score (nSPS) is 13.9. The maximum atomic E-state index is 12.8. The van der Waals surface area contributed by atoms with E-state index < -0.39 is 11.6 Å². The summed E-state index contributed by atoms with van der Waals surface area (Å²) in [4.78, 5) is 50.0. The van der Waals surface area contributed by atoms with E-state index >= 15 is 0 Å². The van der Waals surface area contributed by atoms with E-state index in [0.717, 1.165) is 12.2 Å². The highest BCUT2D eigenvalue weighted by Gasteiger charge is 2.19. The van der Waals surface area contributed by atoms with Crippen LogP contribution in [0.5, 0.6) is 0 Å². The first-order chi connectivity index (χ1) is 18.4. The molecular formula is C28H16N6O4. The molecule has 10 nitrogen and oxygen atoms in total. The van der Waals surface area contributed by atoms with E-state index in [4.69, 9.17) is 0 Å². The molecule has 38 heavy (non-hydrogen) atoms. The van der Waals surface area contributed by atoms with Crippen LogP contribution in [0, 0.1) is 0 Å². The number of fused-ring (bicyclic) bond motifs is 14. The third-order valence-electron chi connectivity index (χ3n) is 6.39. The molecular weight excluding hydrogens is 484 g/mol. The Morgan fingerprint density at radius 1 is 0.500 bits per heavy atom. The molecule has 0 unspecified atom stereocenters. The molecule has 7 rings (SSSR count). The molecule has 10 heteroatoms. The molecule has 8 bridgehead atoms. The van der Waals surface area contributed by atoms with Crippen molar-refractivity contribution >= 4 is 67.2 Å². The summed E-state index contributed by atoms with van der Waals surface area (Å²) in [5, 5.41) is 23.8. The SMILES string of the molecule is O=C1C=C(O)c2cc1nc1[nH]c(nc3cc(nc4[nH]c(n2)c2ccccc42)C(=O)C=C3O)c2ccccc12. The van der Waals surface area contributed by atoms with Crippen LogP contribution in [0.25, 0.3) is 55.7 Å². The van der Waals surface area contributed by atoms with Gasteiger partial charge in [-0.1, -0.05) is 48.5 Å². The van der Waals surface area contributed by atoms with Crippen LogP contribution in [-0.4, -0.2) is 51.7 Å². The van der Waals surface area contributed by atoms with Gasteiger partial charge in [0.05, 0.1) is 0 Å². The second-order valence-electron chi connectivity index (χ2n) is 8.80. The van der Waals surface area contributed by atoms with Crippen molar-refractivity contribution in [2.24, 2.45) is 0 Å². The second-order valence-corrected chi connectivity index (χ2v) is 8.80. The molecule has 0 atom stereocenters. The van der Waals surface area contributed by atoms with Gasteiger partial charge in [-0.15, -0.1) is 0 Å². The van der Waals surface area contributed by atoms with Crippen LogP contribution in [0.1, 0.15) is 32.4 Å². The first-order valence-corrected chi connectivity index (χ1v) is 11.6. The number of rotatable bonds is 0. The van der Waals surface area contributed by atoms with Crippen LogP contribution in [0.3, 0.4) is 0 Å². The summed E-state index contributed by atoms with van der Waals surface area (Å²) in [6.45, 7) is 0. The molecule has 3 heterocycles. The predicted octanol–water partition coefficient (Wildman–Crippen LogP) is 4.97. The number of nitrogens with one attached hydrogen (secondary N) is 2. The number of aliphatic hydroxyl groups excluding tert-OH is 2. The number of aromatic nitrogens is 6. The number of aliphatic hydroxyl groups is 2. The van der Waals surface area contributed by atoms with Crippen LogP contribution in [0.4, 0.5) is 0 Å². The van der Waals surface area contributed by atoms with E-state index in [1.54, 1.807) is 0 Å². The number of H-pyrrole nitrogens is 2. The summed E-state index contributed by atoms with van der Waals surface area (Å²) >= 11 is 0. The van der Waals surface area contributed by atoms with Crippen molar-refractivity contribution in [1.29, 1.82) is 0 Å². The first kappa shape index (κ1) is 21.6. The van der Waals surface area contributed by atoms with Gasteiger partial charge in [0.1, 0.15) is 56.9 Å². The smallest absolute Gasteiger partial charge is 0.208 e. The largest absolute Gasteiger partial charge is 0.506 e. The Hall–Kier alpha value is -5.64. The summed E-state index contributed by atoms with van der Waals surface area (Å²) in [5.74, 6) is -1.58. The fourth-order valence-electron chi connectivity index (χ4n) is 4.57. The molecule has 2 aliphatic rings. The molecule has 0 aliphatic heterocycles. The number of allylic oxidation sites excluding steroid dienone is 2. The summed E-state index contributed by atoms with van der Waals surface area (Å²) in [5.41, 5.74) is 1.85. The lowest BCUT2D eigenvalue weighted by Gasteiger charge is -2.04. The molecule has 0 saturated heterocycles. The standard InChI is InChI=1S/C28H16N6O4/c35-21-11-23(37)19-9-17(21)29-25-13-5-1-2-6-14(13)26(33-25)30-18-10-20(24(38)12-22(18)36)32-28-16-8-4-3-7-15(16)27(31-19)34-28/h1-12,35,38H,(H,29,30,33)(H,31,32,34). The van der Waals surface area contributed by atoms with Gasteiger partial charge in [-0.05, 0) is 12.1 Å². The van der Waals surface area contributed by atoms with Gasteiger partial charge in [0.15, 0.2) is 0 Å². The fraction of sp³-hybridized carbons (Fsp3) is 0. The molecule has 4 N–H and O–H groups in total. The van der Waals surface area contributed by atoms with E-state index in [0.29, 0.717) is 44.1 Å². The Labute approximate surface area is 212 Å². The van der Waals surface area contributed by atoms with Gasteiger partial charge in [0.25, 0.3) is 0 Å². The zero-order chi connectivity index (χ0) is 26.0. The topological polar surface area (TPSA) is 158 Å². The Bertz CT molecular complexity index is 1950. The Morgan fingerprint density at radius 3 is 1.16 bits per heavy atom. The first-order valence-electron chi connectivity index (χ1n) is 11.6. The van der Waals surface area contributed by atoms with E-state index in [9.17, 15) is 19.8 Å². The van der Waals surface area contributed by atoms with Crippen molar-refractivity contribution in [2.75, 3.05) is 0 Å². The lowest BCUT2D eigenvalue weighted by Crippen LogP contribution is -2.06. The minimum atomic E-state index is -0.486. The quantitative estimate of drug-likeness (QED) is 0.232. The number of ketones is 2. The summed E-state index contributed by atoms with van der Waals surface area (Å²) < 4.78 is 0. The molecule has 182 valence electrons. The lowest BCUT2D eigenvalue weighted by atomic mass is 10.1. The highest BCUT2D eigenvalue weighted by molar-refractivity contribution is 6.12. The van der Waals surface area contributed by atoms with Crippen LogP contribution in [-0.2, 0) is 0 Å². The summed E-state index contributed by atoms with van der Waals surface area (Å²) in [7, 11) is 0.